The lowest BCUT2D eigenvalue weighted by Crippen LogP contribution is -2.31. The normalized spacial score (nSPS) is 15.9. The molecule has 6 heteroatoms. The second-order valence-corrected chi connectivity index (χ2v) is 8.32. The van der Waals surface area contributed by atoms with Crippen molar-refractivity contribution in [3.63, 3.8) is 0 Å². The Morgan fingerprint density at radius 3 is 2.48 bits per heavy atom. The van der Waals surface area contributed by atoms with Gasteiger partial charge in [0.1, 0.15) is 5.58 Å². The van der Waals surface area contributed by atoms with Crippen LogP contribution in [0.5, 0.6) is 0 Å². The van der Waals surface area contributed by atoms with Gasteiger partial charge in [-0.15, -0.1) is 0 Å². The minimum Gasteiger partial charge on any atom is -0.450 e. The molecule has 29 heavy (non-hydrogen) atoms. The van der Waals surface area contributed by atoms with E-state index in [-0.39, 0.29) is 17.1 Å². The average molecular weight is 456 g/mol. The number of carbonyl (C=O) groups excluding carboxylic acids is 1. The summed E-state index contributed by atoms with van der Waals surface area (Å²) < 4.78 is 12.1. The van der Waals surface area contributed by atoms with Crippen LogP contribution in [-0.2, 0) is 4.74 Å². The van der Waals surface area contributed by atoms with Crippen LogP contribution >= 0.6 is 15.9 Å². The smallest absolute Gasteiger partial charge is 0.290 e. The van der Waals surface area contributed by atoms with E-state index in [1.807, 2.05) is 50.2 Å². The number of nitrogens with zero attached hydrogens (tertiary/aromatic N) is 1. The Morgan fingerprint density at radius 1 is 1.10 bits per heavy atom. The maximum atomic E-state index is 13.5. The summed E-state index contributed by atoms with van der Waals surface area (Å²) in [5.74, 6) is -0.0997. The topological polar surface area (TPSA) is 59.8 Å². The van der Waals surface area contributed by atoms with E-state index < -0.39 is 6.04 Å². The molecule has 4 rings (SSSR count). The van der Waals surface area contributed by atoms with Crippen molar-refractivity contribution in [3.8, 4) is 0 Å². The van der Waals surface area contributed by atoms with Gasteiger partial charge in [-0.25, -0.2) is 0 Å². The summed E-state index contributed by atoms with van der Waals surface area (Å²) >= 11 is 3.45. The summed E-state index contributed by atoms with van der Waals surface area (Å²) in [6.45, 7) is 4.95. The second kappa shape index (κ2) is 7.76. The standard InChI is InChI=1S/C23H22BrNO4/c1-13-11-17-18(12-14(13)2)29-22-19(21(17)26)20(15-5-7-16(24)8-6-15)25(23(22)27)9-4-10-28-3/h5-8,11-12,20H,4,9-10H2,1-3H3. The van der Waals surface area contributed by atoms with Crippen LogP contribution in [0.3, 0.4) is 0 Å². The number of halogens is 1. The first-order valence-corrected chi connectivity index (χ1v) is 10.3. The van der Waals surface area contributed by atoms with Crippen LogP contribution in [0.25, 0.3) is 11.0 Å². The molecule has 1 atom stereocenters. The summed E-state index contributed by atoms with van der Waals surface area (Å²) in [5, 5.41) is 0.514. The zero-order valence-corrected chi connectivity index (χ0v) is 18.2. The van der Waals surface area contributed by atoms with Gasteiger partial charge in [0.25, 0.3) is 5.91 Å². The van der Waals surface area contributed by atoms with E-state index in [1.165, 1.54) is 0 Å². The molecule has 1 aliphatic rings. The third-order valence-corrected chi connectivity index (χ3v) is 6.04. The second-order valence-electron chi connectivity index (χ2n) is 7.41. The zero-order valence-electron chi connectivity index (χ0n) is 16.6. The van der Waals surface area contributed by atoms with Gasteiger partial charge in [-0.1, -0.05) is 28.1 Å². The lowest BCUT2D eigenvalue weighted by atomic mass is 9.97. The Morgan fingerprint density at radius 2 is 1.79 bits per heavy atom. The van der Waals surface area contributed by atoms with E-state index in [4.69, 9.17) is 9.15 Å². The molecule has 2 heterocycles. The number of rotatable bonds is 5. The highest BCUT2D eigenvalue weighted by atomic mass is 79.9. The maximum absolute atomic E-state index is 13.5. The van der Waals surface area contributed by atoms with Crippen molar-refractivity contribution in [3.05, 3.63) is 79.1 Å². The summed E-state index contributed by atoms with van der Waals surface area (Å²) in [4.78, 5) is 28.4. The monoisotopic (exact) mass is 455 g/mol. The molecular formula is C23H22BrNO4. The summed E-state index contributed by atoms with van der Waals surface area (Å²) in [6, 6.07) is 10.9. The van der Waals surface area contributed by atoms with Gasteiger partial charge in [0.05, 0.1) is 17.0 Å². The van der Waals surface area contributed by atoms with Crippen molar-refractivity contribution < 1.29 is 13.9 Å². The van der Waals surface area contributed by atoms with Crippen LogP contribution in [0.2, 0.25) is 0 Å². The van der Waals surface area contributed by atoms with Crippen molar-refractivity contribution in [2.75, 3.05) is 20.3 Å². The Kier molecular flexibility index (Phi) is 5.32. The third kappa shape index (κ3) is 3.40. The third-order valence-electron chi connectivity index (χ3n) is 5.52. The number of methoxy groups -OCH3 is 1. The minimum absolute atomic E-state index is 0.139. The number of hydrogen-bond donors (Lipinski definition) is 0. The van der Waals surface area contributed by atoms with Gasteiger partial charge in [0, 0.05) is 24.7 Å². The fraction of sp³-hybridized carbons (Fsp3) is 0.304. The molecule has 0 radical (unpaired) electrons. The minimum atomic E-state index is -0.468. The van der Waals surface area contributed by atoms with Crippen LogP contribution in [0.1, 0.15) is 45.3 Å². The van der Waals surface area contributed by atoms with Crippen LogP contribution < -0.4 is 5.43 Å². The molecule has 1 unspecified atom stereocenters. The van der Waals surface area contributed by atoms with Gasteiger partial charge in [-0.2, -0.15) is 0 Å². The number of ether oxygens (including phenoxy) is 1. The molecule has 2 aromatic carbocycles. The lowest BCUT2D eigenvalue weighted by Gasteiger charge is -2.25. The molecule has 0 fully saturated rings. The van der Waals surface area contributed by atoms with E-state index in [0.717, 1.165) is 21.2 Å². The highest BCUT2D eigenvalue weighted by Crippen LogP contribution is 2.38. The number of amides is 1. The van der Waals surface area contributed by atoms with Crippen molar-refractivity contribution in [1.82, 2.24) is 4.90 Å². The lowest BCUT2D eigenvalue weighted by molar-refractivity contribution is 0.0708. The molecule has 0 aliphatic carbocycles. The maximum Gasteiger partial charge on any atom is 0.290 e. The number of fused-ring (bicyclic) bond motifs is 2. The molecule has 1 aliphatic heterocycles. The molecule has 0 saturated heterocycles. The Hall–Kier alpha value is -2.44. The van der Waals surface area contributed by atoms with Crippen LogP contribution in [0.4, 0.5) is 0 Å². The summed E-state index contributed by atoms with van der Waals surface area (Å²) in [5.41, 5.74) is 3.66. The largest absolute Gasteiger partial charge is 0.450 e. The van der Waals surface area contributed by atoms with Gasteiger partial charge >= 0.3 is 0 Å². The van der Waals surface area contributed by atoms with E-state index in [1.54, 1.807) is 12.0 Å². The SMILES string of the molecule is COCCCN1C(=O)c2oc3cc(C)c(C)cc3c(=O)c2C1c1ccc(Br)cc1. The molecule has 0 N–H and O–H groups in total. The van der Waals surface area contributed by atoms with Crippen molar-refractivity contribution in [2.45, 2.75) is 26.3 Å². The quantitative estimate of drug-likeness (QED) is 0.520. The number of hydrogen-bond acceptors (Lipinski definition) is 4. The van der Waals surface area contributed by atoms with E-state index in [2.05, 4.69) is 15.9 Å². The Bertz CT molecular complexity index is 1150. The van der Waals surface area contributed by atoms with E-state index in [0.29, 0.717) is 36.1 Å². The van der Waals surface area contributed by atoms with E-state index >= 15 is 0 Å². The predicted octanol–water partition coefficient (Wildman–Crippen LogP) is 4.75. The Labute approximate surface area is 177 Å². The highest BCUT2D eigenvalue weighted by Gasteiger charge is 2.42. The van der Waals surface area contributed by atoms with E-state index in [9.17, 15) is 9.59 Å². The van der Waals surface area contributed by atoms with Crippen LogP contribution in [-0.4, -0.2) is 31.1 Å². The van der Waals surface area contributed by atoms with Gasteiger partial charge in [-0.05, 0) is 61.2 Å². The molecule has 0 bridgehead atoms. The number of aryl methyl sites for hydroxylation is 2. The Balaban J connectivity index is 1.93. The van der Waals surface area contributed by atoms with Crippen LogP contribution in [0.15, 0.2) is 50.1 Å². The fourth-order valence-corrected chi connectivity index (χ4v) is 4.14. The first-order valence-electron chi connectivity index (χ1n) is 9.55. The van der Waals surface area contributed by atoms with Crippen molar-refractivity contribution in [1.29, 1.82) is 0 Å². The molecular weight excluding hydrogens is 434 g/mol. The van der Waals surface area contributed by atoms with Crippen LogP contribution in [0, 0.1) is 13.8 Å². The summed E-state index contributed by atoms with van der Waals surface area (Å²) in [6.07, 6.45) is 0.676. The number of carbonyl (C=O) groups is 1. The first kappa shape index (κ1) is 19.9. The predicted molar refractivity (Wildman–Crippen MR) is 115 cm³/mol. The highest BCUT2D eigenvalue weighted by molar-refractivity contribution is 9.10. The van der Waals surface area contributed by atoms with Crippen molar-refractivity contribution >= 4 is 32.8 Å². The first-order chi connectivity index (χ1) is 13.9. The van der Waals surface area contributed by atoms with Gasteiger partial charge in [0.15, 0.2) is 5.43 Å². The molecule has 5 nitrogen and oxygen atoms in total. The molecule has 150 valence electrons. The van der Waals surface area contributed by atoms with Gasteiger partial charge in [0.2, 0.25) is 5.76 Å². The van der Waals surface area contributed by atoms with Gasteiger partial charge in [-0.3, -0.25) is 9.59 Å². The van der Waals surface area contributed by atoms with Gasteiger partial charge < -0.3 is 14.1 Å². The average Bonchev–Trinajstić information content (AvgIpc) is 2.97. The zero-order chi connectivity index (χ0) is 20.7. The van der Waals surface area contributed by atoms with Crippen molar-refractivity contribution in [2.24, 2.45) is 0 Å². The number of benzene rings is 2. The fourth-order valence-electron chi connectivity index (χ4n) is 3.88. The molecule has 1 aromatic heterocycles. The molecule has 3 aromatic rings. The molecule has 1 amide bonds. The summed E-state index contributed by atoms with van der Waals surface area (Å²) in [7, 11) is 1.63. The molecule has 0 saturated carbocycles. The molecule has 0 spiro atoms.